The van der Waals surface area contributed by atoms with E-state index in [1.807, 2.05) is 16.7 Å². The monoisotopic (exact) mass is 256 g/mol. The van der Waals surface area contributed by atoms with Crippen LogP contribution in [0.2, 0.25) is 5.02 Å². The summed E-state index contributed by atoms with van der Waals surface area (Å²) >= 11 is 11.6. The third-order valence-electron chi connectivity index (χ3n) is 2.18. The van der Waals surface area contributed by atoms with Crippen molar-refractivity contribution in [2.24, 2.45) is 5.73 Å². The quantitative estimate of drug-likeness (QED) is 0.857. The third-order valence-corrected chi connectivity index (χ3v) is 2.68. The largest absolute Gasteiger partial charge is 0.324 e. The molecular formula is C10H10Cl2N4. The minimum Gasteiger partial charge on any atom is -0.324 e. The van der Waals surface area contributed by atoms with Gasteiger partial charge in [0.15, 0.2) is 11.6 Å². The van der Waals surface area contributed by atoms with Crippen molar-refractivity contribution in [3.63, 3.8) is 0 Å². The lowest BCUT2D eigenvalue weighted by atomic mass is 10.3. The van der Waals surface area contributed by atoms with Crippen LogP contribution in [-0.2, 0) is 12.4 Å². The highest BCUT2D eigenvalue weighted by atomic mass is 35.5. The van der Waals surface area contributed by atoms with Crippen LogP contribution in [0.5, 0.6) is 0 Å². The zero-order valence-electron chi connectivity index (χ0n) is 8.40. The second-order valence-corrected chi connectivity index (χ2v) is 3.89. The molecule has 0 aliphatic heterocycles. The van der Waals surface area contributed by atoms with E-state index in [1.165, 1.54) is 0 Å². The fraction of sp³-hybridized carbons (Fsp3) is 0.200. The van der Waals surface area contributed by atoms with Gasteiger partial charge in [-0.2, -0.15) is 0 Å². The van der Waals surface area contributed by atoms with Crippen LogP contribution >= 0.6 is 23.2 Å². The molecule has 2 rings (SSSR count). The Balaban J connectivity index is 2.52. The topological polar surface area (TPSA) is 56.7 Å². The summed E-state index contributed by atoms with van der Waals surface area (Å²) in [6.45, 7) is 0.312. The van der Waals surface area contributed by atoms with E-state index in [1.54, 1.807) is 12.1 Å². The highest BCUT2D eigenvalue weighted by Crippen LogP contribution is 2.17. The molecule has 2 N–H and O–H groups in total. The molecular weight excluding hydrogens is 247 g/mol. The maximum absolute atomic E-state index is 5.83. The van der Waals surface area contributed by atoms with Crippen LogP contribution in [0.25, 0.3) is 5.69 Å². The fourth-order valence-electron chi connectivity index (χ4n) is 1.46. The normalized spacial score (nSPS) is 10.7. The maximum Gasteiger partial charge on any atom is 0.152 e. The first-order valence-corrected chi connectivity index (χ1v) is 5.62. The summed E-state index contributed by atoms with van der Waals surface area (Å²) in [7, 11) is 0. The van der Waals surface area contributed by atoms with Crippen molar-refractivity contribution < 1.29 is 0 Å². The van der Waals surface area contributed by atoms with Crippen molar-refractivity contribution in [1.29, 1.82) is 0 Å². The van der Waals surface area contributed by atoms with E-state index in [0.29, 0.717) is 23.2 Å². The molecule has 0 bridgehead atoms. The van der Waals surface area contributed by atoms with Crippen LogP contribution in [0.4, 0.5) is 0 Å². The molecule has 0 saturated carbocycles. The number of benzene rings is 1. The zero-order valence-corrected chi connectivity index (χ0v) is 9.91. The number of alkyl halides is 1. The van der Waals surface area contributed by atoms with Gasteiger partial charge in [0.05, 0.1) is 12.4 Å². The SMILES string of the molecule is NCc1nnc(CCl)n1-c1ccc(Cl)cc1. The molecule has 4 nitrogen and oxygen atoms in total. The van der Waals surface area contributed by atoms with E-state index in [-0.39, 0.29) is 5.88 Å². The number of hydrogen-bond donors (Lipinski definition) is 1. The molecule has 1 aromatic heterocycles. The van der Waals surface area contributed by atoms with Gasteiger partial charge in [0, 0.05) is 10.7 Å². The average molecular weight is 257 g/mol. The summed E-state index contributed by atoms with van der Waals surface area (Å²) in [6, 6.07) is 7.35. The number of halogens is 2. The molecule has 84 valence electrons. The van der Waals surface area contributed by atoms with E-state index in [9.17, 15) is 0 Å². The van der Waals surface area contributed by atoms with Crippen LogP contribution in [0.15, 0.2) is 24.3 Å². The number of nitrogens with zero attached hydrogens (tertiary/aromatic N) is 3. The number of hydrogen-bond acceptors (Lipinski definition) is 3. The lowest BCUT2D eigenvalue weighted by molar-refractivity contribution is 0.848. The van der Waals surface area contributed by atoms with E-state index >= 15 is 0 Å². The Morgan fingerprint density at radius 2 is 1.75 bits per heavy atom. The van der Waals surface area contributed by atoms with Gasteiger partial charge in [0.1, 0.15) is 0 Å². The lowest BCUT2D eigenvalue weighted by Crippen LogP contribution is -2.08. The number of aromatic nitrogens is 3. The van der Waals surface area contributed by atoms with Gasteiger partial charge >= 0.3 is 0 Å². The van der Waals surface area contributed by atoms with Gasteiger partial charge in [-0.25, -0.2) is 0 Å². The van der Waals surface area contributed by atoms with Gasteiger partial charge in [-0.1, -0.05) is 11.6 Å². The Morgan fingerprint density at radius 1 is 1.12 bits per heavy atom. The van der Waals surface area contributed by atoms with E-state index in [0.717, 1.165) is 5.69 Å². The van der Waals surface area contributed by atoms with Gasteiger partial charge in [0.25, 0.3) is 0 Å². The Labute approximate surface area is 103 Å². The Bertz CT molecular complexity index is 457. The first kappa shape index (κ1) is 11.4. The van der Waals surface area contributed by atoms with Crippen molar-refractivity contribution in [1.82, 2.24) is 14.8 Å². The van der Waals surface area contributed by atoms with E-state index < -0.39 is 0 Å². The summed E-state index contributed by atoms with van der Waals surface area (Å²) in [4.78, 5) is 0. The second kappa shape index (κ2) is 4.82. The van der Waals surface area contributed by atoms with Crippen molar-refractivity contribution in [3.05, 3.63) is 40.9 Å². The molecule has 0 fully saturated rings. The van der Waals surface area contributed by atoms with Crippen LogP contribution in [0, 0.1) is 0 Å². The summed E-state index contributed by atoms with van der Waals surface area (Å²) in [5.74, 6) is 1.64. The molecule has 1 aromatic carbocycles. The van der Waals surface area contributed by atoms with Crippen LogP contribution in [0.1, 0.15) is 11.6 Å². The molecule has 0 aliphatic rings. The minimum atomic E-state index is 0.287. The Morgan fingerprint density at radius 3 is 2.31 bits per heavy atom. The standard InChI is InChI=1S/C10H10Cl2N4/c11-5-9-14-15-10(6-13)16(9)8-3-1-7(12)2-4-8/h1-4H,5-6,13H2. The van der Waals surface area contributed by atoms with Crippen molar-refractivity contribution >= 4 is 23.2 Å². The van der Waals surface area contributed by atoms with Gasteiger partial charge in [-0.05, 0) is 24.3 Å². The van der Waals surface area contributed by atoms with Crippen molar-refractivity contribution in [3.8, 4) is 5.69 Å². The Hall–Kier alpha value is -1.10. The summed E-state index contributed by atoms with van der Waals surface area (Å²) in [5, 5.41) is 8.63. The van der Waals surface area contributed by atoms with E-state index in [2.05, 4.69) is 10.2 Å². The molecule has 0 unspecified atom stereocenters. The third kappa shape index (κ3) is 2.04. The molecule has 0 aliphatic carbocycles. The molecule has 1 heterocycles. The molecule has 0 atom stereocenters. The molecule has 2 aromatic rings. The molecule has 0 amide bonds. The number of rotatable bonds is 3. The maximum atomic E-state index is 5.83. The summed E-state index contributed by atoms with van der Waals surface area (Å²) < 4.78 is 1.84. The first-order chi connectivity index (χ1) is 7.76. The minimum absolute atomic E-state index is 0.287. The van der Waals surface area contributed by atoms with Gasteiger partial charge in [-0.3, -0.25) is 4.57 Å². The van der Waals surface area contributed by atoms with Crippen LogP contribution < -0.4 is 5.73 Å². The predicted molar refractivity (Wildman–Crippen MR) is 63.8 cm³/mol. The van der Waals surface area contributed by atoms with Crippen LogP contribution in [-0.4, -0.2) is 14.8 Å². The lowest BCUT2D eigenvalue weighted by Gasteiger charge is -2.07. The van der Waals surface area contributed by atoms with Crippen molar-refractivity contribution in [2.45, 2.75) is 12.4 Å². The molecule has 6 heteroatoms. The van der Waals surface area contributed by atoms with Gasteiger partial charge in [-0.15, -0.1) is 21.8 Å². The summed E-state index contributed by atoms with van der Waals surface area (Å²) in [5.41, 5.74) is 6.50. The Kier molecular flexibility index (Phi) is 3.43. The molecule has 0 radical (unpaired) electrons. The molecule has 16 heavy (non-hydrogen) atoms. The molecule has 0 saturated heterocycles. The highest BCUT2D eigenvalue weighted by Gasteiger charge is 2.11. The van der Waals surface area contributed by atoms with E-state index in [4.69, 9.17) is 28.9 Å². The first-order valence-electron chi connectivity index (χ1n) is 4.71. The zero-order chi connectivity index (χ0) is 11.5. The van der Waals surface area contributed by atoms with Gasteiger partial charge in [0.2, 0.25) is 0 Å². The average Bonchev–Trinajstić information content (AvgIpc) is 2.73. The van der Waals surface area contributed by atoms with Crippen molar-refractivity contribution in [2.75, 3.05) is 0 Å². The van der Waals surface area contributed by atoms with Crippen LogP contribution in [0.3, 0.4) is 0 Å². The predicted octanol–water partition coefficient (Wildman–Crippen LogP) is 2.12. The smallest absolute Gasteiger partial charge is 0.152 e. The number of nitrogens with two attached hydrogens (primary N) is 1. The highest BCUT2D eigenvalue weighted by molar-refractivity contribution is 6.30. The summed E-state index contributed by atoms with van der Waals surface area (Å²) in [6.07, 6.45) is 0. The fourth-order valence-corrected chi connectivity index (χ4v) is 1.76. The second-order valence-electron chi connectivity index (χ2n) is 3.18. The molecule has 0 spiro atoms. The van der Waals surface area contributed by atoms with Gasteiger partial charge < -0.3 is 5.73 Å².